The average Bonchev–Trinajstić information content (AvgIpc) is 2.95. The number of hydrogen-bond acceptors (Lipinski definition) is 4. The van der Waals surface area contributed by atoms with Crippen LogP contribution in [0.15, 0.2) is 34.5 Å². The second-order valence-corrected chi connectivity index (χ2v) is 9.89. The Morgan fingerprint density at radius 1 is 1.17 bits per heavy atom. The standard InChI is InChI=1S/C16H16Cl2N2O2S2/c17-12-1-2-14(18)16(7-12)24(21,22)20-9-13(10-20)19-5-3-15-11(8-19)4-6-23-15/h1-2,4,6-7,13H,3,5,8-10H2. The van der Waals surface area contributed by atoms with Gasteiger partial charge in [0.05, 0.1) is 5.02 Å². The molecule has 0 N–H and O–H groups in total. The van der Waals surface area contributed by atoms with Gasteiger partial charge in [0.15, 0.2) is 0 Å². The average molecular weight is 403 g/mol. The molecule has 1 fully saturated rings. The van der Waals surface area contributed by atoms with Gasteiger partial charge in [-0.1, -0.05) is 23.2 Å². The van der Waals surface area contributed by atoms with E-state index < -0.39 is 10.0 Å². The predicted octanol–water partition coefficient (Wildman–Crippen LogP) is 3.49. The fourth-order valence-electron chi connectivity index (χ4n) is 3.24. The Balaban J connectivity index is 1.46. The Morgan fingerprint density at radius 2 is 1.96 bits per heavy atom. The number of thiophene rings is 1. The summed E-state index contributed by atoms with van der Waals surface area (Å²) < 4.78 is 27.0. The highest BCUT2D eigenvalue weighted by Gasteiger charge is 2.41. The van der Waals surface area contributed by atoms with Crippen LogP contribution in [0.2, 0.25) is 10.0 Å². The number of rotatable bonds is 3. The second-order valence-electron chi connectivity index (χ2n) is 6.14. The number of halogens is 2. The zero-order chi connectivity index (χ0) is 16.9. The summed E-state index contributed by atoms with van der Waals surface area (Å²) in [5, 5.41) is 2.71. The first-order valence-electron chi connectivity index (χ1n) is 7.69. The number of nitrogens with zero attached hydrogens (tertiary/aromatic N) is 2. The maximum absolute atomic E-state index is 12.7. The summed E-state index contributed by atoms with van der Waals surface area (Å²) in [6, 6.07) is 6.98. The Labute approximate surface area is 155 Å². The van der Waals surface area contributed by atoms with Crippen LogP contribution in [0.3, 0.4) is 0 Å². The van der Waals surface area contributed by atoms with Crippen molar-refractivity contribution in [3.63, 3.8) is 0 Å². The van der Waals surface area contributed by atoms with Crippen molar-refractivity contribution in [2.24, 2.45) is 0 Å². The minimum atomic E-state index is -3.58. The van der Waals surface area contributed by atoms with Crippen LogP contribution >= 0.6 is 34.5 Å². The number of hydrogen-bond donors (Lipinski definition) is 0. The SMILES string of the molecule is O=S(=O)(c1cc(Cl)ccc1Cl)N1CC(N2CCc3sccc3C2)C1. The van der Waals surface area contributed by atoms with E-state index >= 15 is 0 Å². The van der Waals surface area contributed by atoms with Crippen molar-refractivity contribution in [1.82, 2.24) is 9.21 Å². The van der Waals surface area contributed by atoms with Crippen molar-refractivity contribution in [2.75, 3.05) is 19.6 Å². The van der Waals surface area contributed by atoms with Gasteiger partial charge in [-0.2, -0.15) is 4.31 Å². The summed E-state index contributed by atoms with van der Waals surface area (Å²) >= 11 is 13.8. The van der Waals surface area contributed by atoms with E-state index in [0.29, 0.717) is 18.1 Å². The molecular weight excluding hydrogens is 387 g/mol. The van der Waals surface area contributed by atoms with Crippen LogP contribution in [0.25, 0.3) is 0 Å². The van der Waals surface area contributed by atoms with Gasteiger partial charge in [-0.3, -0.25) is 4.90 Å². The van der Waals surface area contributed by atoms with E-state index in [1.54, 1.807) is 6.07 Å². The molecular formula is C16H16Cl2N2O2S2. The van der Waals surface area contributed by atoms with Gasteiger partial charge in [-0.25, -0.2) is 8.42 Å². The monoisotopic (exact) mass is 402 g/mol. The molecule has 2 aliphatic rings. The van der Waals surface area contributed by atoms with Crippen LogP contribution in [0.1, 0.15) is 10.4 Å². The zero-order valence-electron chi connectivity index (χ0n) is 12.8. The number of sulfonamides is 1. The lowest BCUT2D eigenvalue weighted by Gasteiger charge is -2.45. The summed E-state index contributed by atoms with van der Waals surface area (Å²) in [5.41, 5.74) is 1.38. The summed E-state index contributed by atoms with van der Waals surface area (Å²) in [4.78, 5) is 3.93. The van der Waals surface area contributed by atoms with E-state index in [4.69, 9.17) is 23.2 Å². The van der Waals surface area contributed by atoms with Crippen LogP contribution in [-0.4, -0.2) is 43.3 Å². The maximum atomic E-state index is 12.7. The lowest BCUT2D eigenvalue weighted by Crippen LogP contribution is -2.61. The summed E-state index contributed by atoms with van der Waals surface area (Å²) in [6.45, 7) is 2.91. The minimum absolute atomic E-state index is 0.0916. The molecule has 8 heteroatoms. The molecule has 2 aliphatic heterocycles. The molecule has 2 aromatic rings. The highest BCUT2D eigenvalue weighted by atomic mass is 35.5. The van der Waals surface area contributed by atoms with Crippen LogP contribution < -0.4 is 0 Å². The van der Waals surface area contributed by atoms with Crippen molar-refractivity contribution in [3.05, 3.63) is 50.1 Å². The van der Waals surface area contributed by atoms with Gasteiger partial charge in [0.2, 0.25) is 10.0 Å². The molecule has 3 heterocycles. The van der Waals surface area contributed by atoms with Crippen molar-refractivity contribution in [1.29, 1.82) is 0 Å². The van der Waals surface area contributed by atoms with E-state index in [9.17, 15) is 8.42 Å². The Kier molecular flexibility index (Phi) is 4.39. The van der Waals surface area contributed by atoms with Crippen LogP contribution in [-0.2, 0) is 23.0 Å². The Hall–Kier alpha value is -0.630. The van der Waals surface area contributed by atoms with Gasteiger partial charge in [-0.05, 0) is 41.6 Å². The quantitative estimate of drug-likeness (QED) is 0.788. The molecule has 1 saturated heterocycles. The summed E-state index contributed by atoms with van der Waals surface area (Å²) in [5.74, 6) is 0. The molecule has 4 rings (SSSR count). The molecule has 0 amide bonds. The van der Waals surface area contributed by atoms with E-state index in [0.717, 1.165) is 19.5 Å². The molecule has 4 nitrogen and oxygen atoms in total. The highest BCUT2D eigenvalue weighted by molar-refractivity contribution is 7.89. The lowest BCUT2D eigenvalue weighted by molar-refractivity contribution is 0.0775. The number of fused-ring (bicyclic) bond motifs is 1. The minimum Gasteiger partial charge on any atom is -0.293 e. The maximum Gasteiger partial charge on any atom is 0.244 e. The molecule has 1 aromatic heterocycles. The first-order valence-corrected chi connectivity index (χ1v) is 10.8. The first kappa shape index (κ1) is 16.8. The van der Waals surface area contributed by atoms with Crippen molar-refractivity contribution in [2.45, 2.75) is 23.9 Å². The van der Waals surface area contributed by atoms with E-state index in [1.807, 2.05) is 11.3 Å². The molecule has 0 saturated carbocycles. The van der Waals surface area contributed by atoms with Gasteiger partial charge in [0, 0.05) is 42.1 Å². The van der Waals surface area contributed by atoms with Crippen molar-refractivity contribution >= 4 is 44.6 Å². The third-order valence-electron chi connectivity index (χ3n) is 4.69. The zero-order valence-corrected chi connectivity index (χ0v) is 15.9. The lowest BCUT2D eigenvalue weighted by atomic mass is 10.0. The van der Waals surface area contributed by atoms with Gasteiger partial charge >= 0.3 is 0 Å². The largest absolute Gasteiger partial charge is 0.293 e. The molecule has 0 unspecified atom stereocenters. The Bertz CT molecular complexity index is 876. The second kappa shape index (κ2) is 6.27. The first-order chi connectivity index (χ1) is 11.4. The third-order valence-corrected chi connectivity index (χ3v) is 8.26. The molecule has 0 aliphatic carbocycles. The molecule has 0 spiro atoms. The topological polar surface area (TPSA) is 40.6 Å². The smallest absolute Gasteiger partial charge is 0.244 e. The molecule has 0 atom stereocenters. The van der Waals surface area contributed by atoms with Gasteiger partial charge in [0.1, 0.15) is 4.90 Å². The number of benzene rings is 1. The summed E-state index contributed by atoms with van der Waals surface area (Å²) in [7, 11) is -3.58. The fraction of sp³-hybridized carbons (Fsp3) is 0.375. The van der Waals surface area contributed by atoms with Gasteiger partial charge in [-0.15, -0.1) is 11.3 Å². The Morgan fingerprint density at radius 3 is 2.75 bits per heavy atom. The normalized spacial score (nSPS) is 19.9. The van der Waals surface area contributed by atoms with E-state index in [1.165, 1.54) is 26.9 Å². The van der Waals surface area contributed by atoms with Crippen LogP contribution in [0.5, 0.6) is 0 Å². The van der Waals surface area contributed by atoms with E-state index in [-0.39, 0.29) is 16.0 Å². The molecule has 128 valence electrons. The third kappa shape index (κ3) is 2.89. The predicted molar refractivity (Wildman–Crippen MR) is 97.4 cm³/mol. The highest BCUT2D eigenvalue weighted by Crippen LogP contribution is 2.33. The van der Waals surface area contributed by atoms with Gasteiger partial charge in [0.25, 0.3) is 0 Å². The van der Waals surface area contributed by atoms with E-state index in [2.05, 4.69) is 16.3 Å². The van der Waals surface area contributed by atoms with Crippen molar-refractivity contribution in [3.8, 4) is 0 Å². The van der Waals surface area contributed by atoms with Crippen LogP contribution in [0, 0.1) is 0 Å². The molecule has 0 radical (unpaired) electrons. The van der Waals surface area contributed by atoms with Crippen LogP contribution in [0.4, 0.5) is 0 Å². The molecule has 1 aromatic carbocycles. The summed E-state index contributed by atoms with van der Waals surface area (Å²) in [6.07, 6.45) is 1.05. The van der Waals surface area contributed by atoms with Crippen molar-refractivity contribution < 1.29 is 8.42 Å². The fourth-order valence-corrected chi connectivity index (χ4v) is 6.38. The molecule has 0 bridgehead atoms. The molecule has 24 heavy (non-hydrogen) atoms. The van der Waals surface area contributed by atoms with Gasteiger partial charge < -0.3 is 0 Å².